The third kappa shape index (κ3) is 3.40. The Morgan fingerprint density at radius 3 is 2.48 bits per heavy atom. The Labute approximate surface area is 128 Å². The number of carbonyl (C=O) groups is 1. The lowest BCUT2D eigenvalue weighted by atomic mass is 10.1. The minimum absolute atomic E-state index is 0.380. The Kier molecular flexibility index (Phi) is 4.17. The van der Waals surface area contributed by atoms with Crippen molar-refractivity contribution in [3.05, 3.63) is 46.4 Å². The van der Waals surface area contributed by atoms with E-state index in [-0.39, 0.29) is 5.91 Å². The number of amides is 1. The number of piperazine rings is 1. The Morgan fingerprint density at radius 1 is 1.19 bits per heavy atom. The molecule has 1 aliphatic rings. The molecule has 0 radical (unpaired) electrons. The van der Waals surface area contributed by atoms with Crippen molar-refractivity contribution >= 4 is 22.9 Å². The van der Waals surface area contributed by atoms with Crippen LogP contribution in [0.1, 0.15) is 15.4 Å². The molecule has 1 aliphatic heterocycles. The van der Waals surface area contributed by atoms with E-state index in [1.54, 1.807) is 23.5 Å². The van der Waals surface area contributed by atoms with Gasteiger partial charge in [-0.3, -0.25) is 9.69 Å². The highest BCUT2D eigenvalue weighted by molar-refractivity contribution is 7.09. The summed E-state index contributed by atoms with van der Waals surface area (Å²) in [6, 6.07) is 7.52. The van der Waals surface area contributed by atoms with E-state index < -0.39 is 0 Å². The maximum Gasteiger partial charge on any atom is 0.248 e. The van der Waals surface area contributed by atoms with E-state index in [0.29, 0.717) is 5.56 Å². The lowest BCUT2D eigenvalue weighted by molar-refractivity contribution is 0.100. The number of hydrogen-bond donors (Lipinski definition) is 1. The highest BCUT2D eigenvalue weighted by Crippen LogP contribution is 2.18. The molecule has 6 heteroatoms. The summed E-state index contributed by atoms with van der Waals surface area (Å²) in [7, 11) is 0. The number of carbonyl (C=O) groups excluding carboxylic acids is 1. The normalized spacial score (nSPS) is 16.1. The van der Waals surface area contributed by atoms with Crippen LogP contribution in [0.3, 0.4) is 0 Å². The summed E-state index contributed by atoms with van der Waals surface area (Å²) in [5, 5.41) is 3.19. The zero-order chi connectivity index (χ0) is 14.7. The minimum Gasteiger partial charge on any atom is -0.369 e. The van der Waals surface area contributed by atoms with Crippen LogP contribution in [-0.4, -0.2) is 42.0 Å². The Balaban J connectivity index is 1.56. The number of anilines is 1. The maximum absolute atomic E-state index is 11.1. The van der Waals surface area contributed by atoms with Gasteiger partial charge in [-0.2, -0.15) is 0 Å². The van der Waals surface area contributed by atoms with Gasteiger partial charge in [-0.25, -0.2) is 4.98 Å². The molecule has 1 saturated heterocycles. The highest BCUT2D eigenvalue weighted by atomic mass is 32.1. The molecule has 2 heterocycles. The fraction of sp³-hybridized carbons (Fsp3) is 0.333. The molecule has 0 bridgehead atoms. The fourth-order valence-electron chi connectivity index (χ4n) is 2.52. The third-order valence-electron chi connectivity index (χ3n) is 3.73. The lowest BCUT2D eigenvalue weighted by Crippen LogP contribution is -2.45. The second-order valence-corrected chi connectivity index (χ2v) is 6.08. The number of nitrogens with two attached hydrogens (primary N) is 1. The van der Waals surface area contributed by atoms with Gasteiger partial charge in [0.2, 0.25) is 5.91 Å². The zero-order valence-electron chi connectivity index (χ0n) is 11.7. The predicted octanol–water partition coefficient (Wildman–Crippen LogP) is 1.56. The number of hydrogen-bond acceptors (Lipinski definition) is 5. The van der Waals surface area contributed by atoms with Crippen LogP contribution >= 0.6 is 11.3 Å². The average Bonchev–Trinajstić information content (AvgIpc) is 3.01. The first-order valence-electron chi connectivity index (χ1n) is 6.98. The molecule has 1 aromatic carbocycles. The molecule has 1 aromatic heterocycles. The Morgan fingerprint density at radius 2 is 1.90 bits per heavy atom. The second kappa shape index (κ2) is 6.24. The molecule has 1 fully saturated rings. The number of nitrogens with zero attached hydrogens (tertiary/aromatic N) is 3. The lowest BCUT2D eigenvalue weighted by Gasteiger charge is -2.35. The number of thiazole rings is 1. The summed E-state index contributed by atoms with van der Waals surface area (Å²) in [6.45, 7) is 4.96. The van der Waals surface area contributed by atoms with Gasteiger partial charge in [-0.1, -0.05) is 0 Å². The van der Waals surface area contributed by atoms with E-state index in [2.05, 4.69) is 14.8 Å². The summed E-state index contributed by atoms with van der Waals surface area (Å²) >= 11 is 1.71. The molecule has 0 atom stereocenters. The van der Waals surface area contributed by atoms with Crippen molar-refractivity contribution < 1.29 is 4.79 Å². The van der Waals surface area contributed by atoms with Crippen LogP contribution in [0.25, 0.3) is 0 Å². The van der Waals surface area contributed by atoms with Crippen molar-refractivity contribution in [2.24, 2.45) is 5.73 Å². The van der Waals surface area contributed by atoms with Crippen molar-refractivity contribution in [2.75, 3.05) is 31.1 Å². The van der Waals surface area contributed by atoms with Crippen molar-refractivity contribution in [1.82, 2.24) is 9.88 Å². The van der Waals surface area contributed by atoms with Gasteiger partial charge in [0.25, 0.3) is 0 Å². The molecule has 0 unspecified atom stereocenters. The molecular weight excluding hydrogens is 284 g/mol. The smallest absolute Gasteiger partial charge is 0.248 e. The number of primary amides is 1. The highest BCUT2D eigenvalue weighted by Gasteiger charge is 2.18. The van der Waals surface area contributed by atoms with Crippen LogP contribution < -0.4 is 10.6 Å². The zero-order valence-corrected chi connectivity index (χ0v) is 12.6. The SMILES string of the molecule is NC(=O)c1ccc(N2CCN(Cc3nccs3)CC2)cc1. The maximum atomic E-state index is 11.1. The van der Waals surface area contributed by atoms with Crippen LogP contribution in [0.2, 0.25) is 0 Å². The molecule has 3 rings (SSSR count). The monoisotopic (exact) mass is 302 g/mol. The molecular formula is C15H18N4OS. The van der Waals surface area contributed by atoms with Gasteiger partial charge in [0.05, 0.1) is 6.54 Å². The van der Waals surface area contributed by atoms with E-state index in [0.717, 1.165) is 38.4 Å². The van der Waals surface area contributed by atoms with Crippen LogP contribution in [0, 0.1) is 0 Å². The van der Waals surface area contributed by atoms with Gasteiger partial charge in [-0.15, -0.1) is 11.3 Å². The van der Waals surface area contributed by atoms with Crippen LogP contribution in [-0.2, 0) is 6.54 Å². The van der Waals surface area contributed by atoms with Gasteiger partial charge in [-0.05, 0) is 24.3 Å². The first-order chi connectivity index (χ1) is 10.2. The van der Waals surface area contributed by atoms with Gasteiger partial charge >= 0.3 is 0 Å². The van der Waals surface area contributed by atoms with Crippen molar-refractivity contribution in [3.8, 4) is 0 Å². The van der Waals surface area contributed by atoms with Gasteiger partial charge in [0.15, 0.2) is 0 Å². The Bertz CT molecular complexity index is 589. The average molecular weight is 302 g/mol. The molecule has 1 amide bonds. The van der Waals surface area contributed by atoms with Crippen LogP contribution in [0.5, 0.6) is 0 Å². The fourth-order valence-corrected chi connectivity index (χ4v) is 3.18. The molecule has 5 nitrogen and oxygen atoms in total. The topological polar surface area (TPSA) is 62.5 Å². The largest absolute Gasteiger partial charge is 0.369 e. The minimum atomic E-state index is -0.380. The molecule has 0 spiro atoms. The van der Waals surface area contributed by atoms with Gasteiger partial charge in [0, 0.05) is 49.0 Å². The first-order valence-corrected chi connectivity index (χ1v) is 7.86. The summed E-state index contributed by atoms with van der Waals surface area (Å²) in [6.07, 6.45) is 1.86. The molecule has 2 aromatic rings. The van der Waals surface area contributed by atoms with E-state index in [1.807, 2.05) is 23.7 Å². The van der Waals surface area contributed by atoms with E-state index >= 15 is 0 Å². The summed E-state index contributed by atoms with van der Waals surface area (Å²) in [5.41, 5.74) is 6.96. The molecule has 21 heavy (non-hydrogen) atoms. The van der Waals surface area contributed by atoms with Crippen molar-refractivity contribution in [3.63, 3.8) is 0 Å². The quantitative estimate of drug-likeness (QED) is 0.931. The van der Waals surface area contributed by atoms with Gasteiger partial charge < -0.3 is 10.6 Å². The van der Waals surface area contributed by atoms with E-state index in [9.17, 15) is 4.79 Å². The summed E-state index contributed by atoms with van der Waals surface area (Å²) in [5.74, 6) is -0.380. The van der Waals surface area contributed by atoms with E-state index in [1.165, 1.54) is 5.01 Å². The van der Waals surface area contributed by atoms with Gasteiger partial charge in [0.1, 0.15) is 5.01 Å². The van der Waals surface area contributed by atoms with Crippen molar-refractivity contribution in [1.29, 1.82) is 0 Å². The third-order valence-corrected chi connectivity index (χ3v) is 4.50. The summed E-state index contributed by atoms with van der Waals surface area (Å²) < 4.78 is 0. The number of rotatable bonds is 4. The Hall–Kier alpha value is -1.92. The number of benzene rings is 1. The van der Waals surface area contributed by atoms with Crippen molar-refractivity contribution in [2.45, 2.75) is 6.54 Å². The second-order valence-electron chi connectivity index (χ2n) is 5.10. The van der Waals surface area contributed by atoms with E-state index in [4.69, 9.17) is 5.73 Å². The summed E-state index contributed by atoms with van der Waals surface area (Å²) in [4.78, 5) is 20.2. The standard InChI is InChI=1S/C15H18N4OS/c16-15(20)12-1-3-13(4-2-12)19-8-6-18(7-9-19)11-14-17-5-10-21-14/h1-5,10H,6-9,11H2,(H2,16,20). The van der Waals surface area contributed by atoms with Crippen LogP contribution in [0.4, 0.5) is 5.69 Å². The molecule has 0 aliphatic carbocycles. The number of aromatic nitrogens is 1. The first kappa shape index (κ1) is 14.0. The van der Waals surface area contributed by atoms with Crippen LogP contribution in [0.15, 0.2) is 35.8 Å². The predicted molar refractivity (Wildman–Crippen MR) is 84.6 cm³/mol. The molecule has 110 valence electrons. The molecule has 0 saturated carbocycles. The molecule has 2 N–H and O–H groups in total.